The summed E-state index contributed by atoms with van der Waals surface area (Å²) in [5, 5.41) is 0. The highest BCUT2D eigenvalue weighted by Crippen LogP contribution is 2.37. The molecule has 0 spiro atoms. The lowest BCUT2D eigenvalue weighted by Gasteiger charge is -2.20. The smallest absolute Gasteiger partial charge is 0.234 e. The Morgan fingerprint density at radius 2 is 0.817 bits per heavy atom. The molecule has 6 heteroatoms. The maximum Gasteiger partial charge on any atom is 0.234 e. The molecule has 0 aliphatic heterocycles. The van der Waals surface area contributed by atoms with Crippen LogP contribution in [0.3, 0.4) is 0 Å². The van der Waals surface area contributed by atoms with E-state index in [-0.39, 0.29) is 6.43 Å². The monoisotopic (exact) mass is 790 g/mol. The Labute approximate surface area is 355 Å². The summed E-state index contributed by atoms with van der Waals surface area (Å²) in [6.07, 6.45) is 1.38. The van der Waals surface area contributed by atoms with Crippen LogP contribution in [0.25, 0.3) is 56.4 Å². The SMILES string of the molecule is Cc1ccccc1Cc1c(-c2ccccc2)cccc1-c1nc(-c2ccccc2)nc(-c2cccc(-c3ccccc3)c2Cc2ccccc2B(P)c2ccccc2N)n1. The minimum Gasteiger partial charge on any atom is -0.399 e. The fourth-order valence-electron chi connectivity index (χ4n) is 8.23. The Morgan fingerprint density at radius 1 is 0.400 bits per heavy atom. The van der Waals surface area contributed by atoms with Gasteiger partial charge in [0.05, 0.1) is 0 Å². The number of aromatic nitrogens is 3. The number of nitrogen functional groups attached to an aromatic ring is 1. The summed E-state index contributed by atoms with van der Waals surface area (Å²) in [4.78, 5) is 16.1. The predicted molar refractivity (Wildman–Crippen MR) is 256 cm³/mol. The number of para-hydroxylation sites is 1. The molecular formula is C54H44BN4P. The third-order valence-electron chi connectivity index (χ3n) is 11.4. The van der Waals surface area contributed by atoms with E-state index in [9.17, 15) is 0 Å². The van der Waals surface area contributed by atoms with E-state index in [2.05, 4.69) is 186 Å². The van der Waals surface area contributed by atoms with Gasteiger partial charge in [0, 0.05) is 22.4 Å². The van der Waals surface area contributed by atoms with Gasteiger partial charge in [0.25, 0.3) is 0 Å². The Morgan fingerprint density at radius 3 is 1.37 bits per heavy atom. The van der Waals surface area contributed by atoms with Crippen LogP contribution in [0.4, 0.5) is 5.69 Å². The van der Waals surface area contributed by atoms with Gasteiger partial charge in [-0.15, -0.1) is 0 Å². The van der Waals surface area contributed by atoms with Crippen molar-refractivity contribution in [3.8, 4) is 56.4 Å². The van der Waals surface area contributed by atoms with E-state index in [1.807, 2.05) is 30.3 Å². The number of rotatable bonds is 11. The number of benzene rings is 8. The number of anilines is 1. The van der Waals surface area contributed by atoms with Crippen LogP contribution in [-0.2, 0) is 12.8 Å². The van der Waals surface area contributed by atoms with Crippen molar-refractivity contribution in [2.24, 2.45) is 0 Å². The van der Waals surface area contributed by atoms with Crippen LogP contribution in [0, 0.1) is 6.92 Å². The Balaban J connectivity index is 1.27. The second-order valence-electron chi connectivity index (χ2n) is 15.2. The molecule has 8 aromatic carbocycles. The lowest BCUT2D eigenvalue weighted by Crippen LogP contribution is -2.40. The van der Waals surface area contributed by atoms with E-state index in [0.29, 0.717) is 23.9 Å². The third-order valence-corrected chi connectivity index (χ3v) is 12.1. The van der Waals surface area contributed by atoms with Gasteiger partial charge in [0.1, 0.15) is 0 Å². The molecule has 0 amide bonds. The second-order valence-corrected chi connectivity index (χ2v) is 15.8. The molecular weight excluding hydrogens is 746 g/mol. The Hall–Kier alpha value is -6.94. The zero-order valence-electron chi connectivity index (χ0n) is 33.5. The molecule has 60 heavy (non-hydrogen) atoms. The normalized spacial score (nSPS) is 11.0. The fraction of sp³-hybridized carbons (Fsp3) is 0.0556. The third kappa shape index (κ3) is 8.05. The summed E-state index contributed by atoms with van der Waals surface area (Å²) >= 11 is 0. The Bertz CT molecular complexity index is 2920. The molecule has 9 aromatic rings. The topological polar surface area (TPSA) is 64.7 Å². The molecule has 1 atom stereocenters. The van der Waals surface area contributed by atoms with Gasteiger partial charge in [-0.25, -0.2) is 15.0 Å². The minimum absolute atomic E-state index is 0.00626. The van der Waals surface area contributed by atoms with Crippen molar-refractivity contribution in [3.05, 3.63) is 228 Å². The first-order chi connectivity index (χ1) is 29.5. The maximum atomic E-state index is 6.55. The van der Waals surface area contributed by atoms with E-state index in [0.717, 1.165) is 62.1 Å². The molecule has 1 heterocycles. The van der Waals surface area contributed by atoms with Crippen LogP contribution in [0.15, 0.2) is 200 Å². The maximum absolute atomic E-state index is 6.55. The van der Waals surface area contributed by atoms with E-state index in [1.54, 1.807) is 0 Å². The average molecular weight is 791 g/mol. The number of aryl methyl sites for hydroxylation is 1. The van der Waals surface area contributed by atoms with Crippen molar-refractivity contribution >= 4 is 32.2 Å². The zero-order chi connectivity index (χ0) is 40.8. The van der Waals surface area contributed by atoms with Crippen molar-refractivity contribution in [2.45, 2.75) is 19.8 Å². The minimum atomic E-state index is 0.00626. The van der Waals surface area contributed by atoms with Gasteiger partial charge in [-0.3, -0.25) is 0 Å². The highest BCUT2D eigenvalue weighted by molar-refractivity contribution is 7.68. The summed E-state index contributed by atoms with van der Waals surface area (Å²) in [6.45, 7) is 2.18. The van der Waals surface area contributed by atoms with Crippen molar-refractivity contribution < 1.29 is 0 Å². The van der Waals surface area contributed by atoms with Gasteiger partial charge in [-0.05, 0) is 81.4 Å². The first kappa shape index (κ1) is 38.6. The van der Waals surface area contributed by atoms with Crippen LogP contribution in [0.2, 0.25) is 0 Å². The highest BCUT2D eigenvalue weighted by atomic mass is 31.0. The number of nitrogens with zero attached hydrogens (tertiary/aromatic N) is 3. The highest BCUT2D eigenvalue weighted by Gasteiger charge is 2.24. The molecule has 0 radical (unpaired) electrons. The van der Waals surface area contributed by atoms with Gasteiger partial charge in [-0.2, -0.15) is 9.12 Å². The van der Waals surface area contributed by atoms with Gasteiger partial charge in [0.15, 0.2) is 17.5 Å². The van der Waals surface area contributed by atoms with Crippen molar-refractivity contribution in [1.29, 1.82) is 0 Å². The quantitative estimate of drug-likeness (QED) is 0.0805. The van der Waals surface area contributed by atoms with Crippen LogP contribution < -0.4 is 16.7 Å². The largest absolute Gasteiger partial charge is 0.399 e. The molecule has 0 bridgehead atoms. The van der Waals surface area contributed by atoms with Crippen LogP contribution in [0.1, 0.15) is 27.8 Å². The van der Waals surface area contributed by atoms with Gasteiger partial charge in [0.2, 0.25) is 6.43 Å². The van der Waals surface area contributed by atoms with E-state index in [1.165, 1.54) is 27.7 Å². The molecule has 0 saturated heterocycles. The zero-order valence-corrected chi connectivity index (χ0v) is 34.7. The number of hydrogen-bond donors (Lipinski definition) is 1. The molecule has 0 aliphatic carbocycles. The number of nitrogens with two attached hydrogens (primary N) is 1. The standard InChI is InChI=1S/C54H44BN4P/c1-37-19-11-12-26-41(37)35-47-43(38-20-5-2-6-21-38)28-17-30-45(47)53-57-52(40-24-9-4-10-25-40)58-54(59-53)46-31-18-29-44(39-22-7-3-8-23-39)48(46)36-42-27-13-14-32-49(42)55(60)50-33-15-16-34-51(50)56/h2-34H,35-36,56,60H2,1H3. The summed E-state index contributed by atoms with van der Waals surface area (Å²) in [6, 6.07) is 70.0. The first-order valence-corrected chi connectivity index (χ1v) is 21.1. The lowest BCUT2D eigenvalue weighted by atomic mass is 9.59. The molecule has 0 saturated carbocycles. The van der Waals surface area contributed by atoms with Crippen LogP contribution in [-0.4, -0.2) is 21.4 Å². The first-order valence-electron chi connectivity index (χ1n) is 20.4. The predicted octanol–water partition coefficient (Wildman–Crippen LogP) is 11.3. The van der Waals surface area contributed by atoms with E-state index in [4.69, 9.17) is 20.7 Å². The fourth-order valence-corrected chi connectivity index (χ4v) is 8.86. The molecule has 0 fully saturated rings. The molecule has 288 valence electrons. The molecule has 9 rings (SSSR count). The molecule has 0 aliphatic rings. The van der Waals surface area contributed by atoms with Crippen molar-refractivity contribution in [1.82, 2.24) is 15.0 Å². The molecule has 4 nitrogen and oxygen atoms in total. The number of hydrogen-bond acceptors (Lipinski definition) is 4. The van der Waals surface area contributed by atoms with E-state index >= 15 is 0 Å². The van der Waals surface area contributed by atoms with Crippen LogP contribution >= 0.6 is 9.12 Å². The van der Waals surface area contributed by atoms with Crippen LogP contribution in [0.5, 0.6) is 0 Å². The summed E-state index contributed by atoms with van der Waals surface area (Å²) < 4.78 is 0. The summed E-state index contributed by atoms with van der Waals surface area (Å²) in [5.41, 5.74) is 23.1. The van der Waals surface area contributed by atoms with E-state index < -0.39 is 0 Å². The lowest BCUT2D eigenvalue weighted by molar-refractivity contribution is 1.05. The van der Waals surface area contributed by atoms with Crippen molar-refractivity contribution in [3.63, 3.8) is 0 Å². The van der Waals surface area contributed by atoms with Gasteiger partial charge < -0.3 is 5.73 Å². The average Bonchev–Trinajstić information content (AvgIpc) is 3.30. The summed E-state index contributed by atoms with van der Waals surface area (Å²) in [7, 11) is 3.05. The molecule has 1 aromatic heterocycles. The second kappa shape index (κ2) is 17.5. The van der Waals surface area contributed by atoms with Crippen molar-refractivity contribution in [2.75, 3.05) is 5.73 Å². The van der Waals surface area contributed by atoms with Gasteiger partial charge >= 0.3 is 0 Å². The molecule has 2 N–H and O–H groups in total. The van der Waals surface area contributed by atoms with Gasteiger partial charge in [-0.1, -0.05) is 200 Å². The summed E-state index contributed by atoms with van der Waals surface area (Å²) in [5.74, 6) is 1.90. The molecule has 1 unspecified atom stereocenters. The Kier molecular flexibility index (Phi) is 11.3.